The average Bonchev–Trinajstić information content (AvgIpc) is 2.78. The van der Waals surface area contributed by atoms with E-state index in [1.807, 2.05) is 42.5 Å². The number of hydrogen-bond donors (Lipinski definition) is 0. The fourth-order valence-corrected chi connectivity index (χ4v) is 3.72. The third-order valence-electron chi connectivity index (χ3n) is 4.50. The molecule has 0 aliphatic heterocycles. The number of esters is 1. The van der Waals surface area contributed by atoms with Crippen molar-refractivity contribution in [1.82, 2.24) is 4.31 Å². The number of sulfonamides is 1. The van der Waals surface area contributed by atoms with E-state index in [1.165, 1.54) is 38.4 Å². The van der Waals surface area contributed by atoms with Gasteiger partial charge in [-0.15, -0.1) is 0 Å². The maximum atomic E-state index is 12.4. The van der Waals surface area contributed by atoms with E-state index in [4.69, 9.17) is 4.74 Å². The van der Waals surface area contributed by atoms with Crippen molar-refractivity contribution in [2.75, 3.05) is 20.7 Å². The molecule has 0 unspecified atom stereocenters. The highest BCUT2D eigenvalue weighted by atomic mass is 32.2. The van der Waals surface area contributed by atoms with E-state index < -0.39 is 22.6 Å². The van der Waals surface area contributed by atoms with Crippen LogP contribution in [-0.4, -0.2) is 45.2 Å². The molecule has 0 aliphatic carbocycles. The highest BCUT2D eigenvalue weighted by Crippen LogP contribution is 2.20. The van der Waals surface area contributed by atoms with E-state index in [2.05, 4.69) is 0 Å². The van der Waals surface area contributed by atoms with Crippen molar-refractivity contribution >= 4 is 21.8 Å². The van der Waals surface area contributed by atoms with Gasteiger partial charge >= 0.3 is 5.97 Å². The van der Waals surface area contributed by atoms with Crippen molar-refractivity contribution in [3.63, 3.8) is 0 Å². The summed E-state index contributed by atoms with van der Waals surface area (Å²) in [7, 11) is -0.866. The summed E-state index contributed by atoms with van der Waals surface area (Å²) in [6, 6.07) is 22.3. The van der Waals surface area contributed by atoms with E-state index in [-0.39, 0.29) is 16.2 Å². The van der Waals surface area contributed by atoms with Gasteiger partial charge in [-0.05, 0) is 29.3 Å². The van der Waals surface area contributed by atoms with Gasteiger partial charge in [0.2, 0.25) is 10.0 Å². The largest absolute Gasteiger partial charge is 0.454 e. The Balaban J connectivity index is 1.66. The predicted octanol–water partition coefficient (Wildman–Crippen LogP) is 3.64. The van der Waals surface area contributed by atoms with Crippen molar-refractivity contribution in [3.05, 3.63) is 90.0 Å². The Morgan fingerprint density at radius 1 is 0.800 bits per heavy atom. The molecule has 30 heavy (non-hydrogen) atoms. The highest BCUT2D eigenvalue weighted by Gasteiger charge is 2.19. The Bertz CT molecular complexity index is 1150. The van der Waals surface area contributed by atoms with Crippen molar-refractivity contribution in [2.45, 2.75) is 4.90 Å². The van der Waals surface area contributed by atoms with Gasteiger partial charge in [0.25, 0.3) is 0 Å². The second-order valence-corrected chi connectivity index (χ2v) is 8.91. The van der Waals surface area contributed by atoms with Crippen LogP contribution in [-0.2, 0) is 14.8 Å². The summed E-state index contributed by atoms with van der Waals surface area (Å²) < 4.78 is 30.6. The molecule has 0 spiro atoms. The Morgan fingerprint density at radius 2 is 1.43 bits per heavy atom. The molecular weight excluding hydrogens is 402 g/mol. The first-order valence-electron chi connectivity index (χ1n) is 9.17. The monoisotopic (exact) mass is 423 g/mol. The molecule has 0 bridgehead atoms. The van der Waals surface area contributed by atoms with Crippen molar-refractivity contribution in [3.8, 4) is 11.1 Å². The van der Waals surface area contributed by atoms with Gasteiger partial charge in [-0.2, -0.15) is 0 Å². The van der Waals surface area contributed by atoms with Crippen LogP contribution in [0.15, 0.2) is 83.8 Å². The molecule has 0 atom stereocenters. The maximum absolute atomic E-state index is 12.4. The third-order valence-corrected chi connectivity index (χ3v) is 6.31. The molecule has 6 nitrogen and oxygen atoms in total. The van der Waals surface area contributed by atoms with E-state index >= 15 is 0 Å². The van der Waals surface area contributed by atoms with E-state index in [1.54, 1.807) is 12.1 Å². The normalized spacial score (nSPS) is 11.3. The minimum Gasteiger partial charge on any atom is -0.454 e. The van der Waals surface area contributed by atoms with Gasteiger partial charge in [0.15, 0.2) is 12.4 Å². The second-order valence-electron chi connectivity index (χ2n) is 6.76. The van der Waals surface area contributed by atoms with Gasteiger partial charge in [-0.1, -0.05) is 60.7 Å². The SMILES string of the molecule is CN(C)S(=O)(=O)c1cccc(C(=O)OCC(=O)c2ccc(-c3ccccc3)cc2)c1. The van der Waals surface area contributed by atoms with Gasteiger partial charge in [0, 0.05) is 19.7 Å². The van der Waals surface area contributed by atoms with Crippen LogP contribution in [0.2, 0.25) is 0 Å². The fraction of sp³-hybridized carbons (Fsp3) is 0.130. The van der Waals surface area contributed by atoms with Crippen molar-refractivity contribution < 1.29 is 22.7 Å². The molecule has 7 heteroatoms. The lowest BCUT2D eigenvalue weighted by atomic mass is 10.0. The number of ketones is 1. The molecule has 3 aromatic carbocycles. The molecule has 0 saturated heterocycles. The van der Waals surface area contributed by atoms with E-state index in [0.717, 1.165) is 15.4 Å². The lowest BCUT2D eigenvalue weighted by Gasteiger charge is -2.12. The third kappa shape index (κ3) is 4.82. The van der Waals surface area contributed by atoms with Gasteiger partial charge in [0.05, 0.1) is 10.5 Å². The molecule has 0 radical (unpaired) electrons. The van der Waals surface area contributed by atoms with Gasteiger partial charge in [0.1, 0.15) is 0 Å². The molecular formula is C23H21NO5S. The Morgan fingerprint density at radius 3 is 2.07 bits per heavy atom. The first kappa shape index (κ1) is 21.4. The lowest BCUT2D eigenvalue weighted by molar-refractivity contribution is 0.0474. The summed E-state index contributed by atoms with van der Waals surface area (Å²) >= 11 is 0. The molecule has 0 N–H and O–H groups in total. The number of carbonyl (C=O) groups excluding carboxylic acids is 2. The van der Waals surface area contributed by atoms with Crippen LogP contribution in [0.4, 0.5) is 0 Å². The van der Waals surface area contributed by atoms with Crippen molar-refractivity contribution in [1.29, 1.82) is 0 Å². The minimum absolute atomic E-state index is 0.0234. The predicted molar refractivity (Wildman–Crippen MR) is 114 cm³/mol. The Labute approximate surface area is 175 Å². The van der Waals surface area contributed by atoms with E-state index in [9.17, 15) is 18.0 Å². The summed E-state index contributed by atoms with van der Waals surface area (Å²) in [4.78, 5) is 24.6. The number of ether oxygens (including phenoxy) is 1. The second kappa shape index (κ2) is 9.02. The zero-order chi connectivity index (χ0) is 21.7. The first-order valence-corrected chi connectivity index (χ1v) is 10.6. The van der Waals surface area contributed by atoms with Gasteiger partial charge in [-0.25, -0.2) is 17.5 Å². The topological polar surface area (TPSA) is 80.8 Å². The number of hydrogen-bond acceptors (Lipinski definition) is 5. The Kier molecular flexibility index (Phi) is 6.44. The average molecular weight is 423 g/mol. The number of carbonyl (C=O) groups is 2. The standard InChI is InChI=1S/C23H21NO5S/c1-24(2)30(27,28)21-10-6-9-20(15-21)23(26)29-16-22(25)19-13-11-18(12-14-19)17-7-4-3-5-8-17/h3-15H,16H2,1-2H3. The molecule has 0 amide bonds. The Hall–Kier alpha value is -3.29. The van der Waals surface area contributed by atoms with Crippen LogP contribution in [0.3, 0.4) is 0 Å². The maximum Gasteiger partial charge on any atom is 0.338 e. The summed E-state index contributed by atoms with van der Waals surface area (Å²) in [5, 5.41) is 0. The summed E-state index contributed by atoms with van der Waals surface area (Å²) in [6.07, 6.45) is 0. The molecule has 3 rings (SSSR count). The van der Waals surface area contributed by atoms with Crippen LogP contribution in [0, 0.1) is 0 Å². The summed E-state index contributed by atoms with van der Waals surface area (Å²) in [5.74, 6) is -1.11. The van der Waals surface area contributed by atoms with Crippen LogP contribution in [0.5, 0.6) is 0 Å². The zero-order valence-electron chi connectivity index (χ0n) is 16.6. The van der Waals surface area contributed by atoms with Gasteiger partial charge in [-0.3, -0.25) is 4.79 Å². The fourth-order valence-electron chi connectivity index (χ4n) is 2.77. The number of rotatable bonds is 7. The molecule has 3 aromatic rings. The summed E-state index contributed by atoms with van der Waals surface area (Å²) in [6.45, 7) is -0.436. The number of nitrogens with zero attached hydrogens (tertiary/aromatic N) is 1. The first-order chi connectivity index (χ1) is 14.3. The minimum atomic E-state index is -3.68. The molecule has 0 saturated carbocycles. The quantitative estimate of drug-likeness (QED) is 0.428. The molecule has 154 valence electrons. The smallest absolute Gasteiger partial charge is 0.338 e. The number of Topliss-reactive ketones (excluding diaryl/α,β-unsaturated/α-hetero) is 1. The van der Waals surface area contributed by atoms with Crippen LogP contribution < -0.4 is 0 Å². The molecule has 0 aliphatic rings. The zero-order valence-corrected chi connectivity index (χ0v) is 17.4. The van der Waals surface area contributed by atoms with Gasteiger partial charge < -0.3 is 4.74 Å². The molecule has 0 heterocycles. The van der Waals surface area contributed by atoms with Crippen LogP contribution in [0.1, 0.15) is 20.7 Å². The molecule has 0 aromatic heterocycles. The van der Waals surface area contributed by atoms with Crippen LogP contribution >= 0.6 is 0 Å². The number of benzene rings is 3. The van der Waals surface area contributed by atoms with E-state index in [0.29, 0.717) is 5.56 Å². The lowest BCUT2D eigenvalue weighted by Crippen LogP contribution is -2.22. The molecule has 0 fully saturated rings. The highest BCUT2D eigenvalue weighted by molar-refractivity contribution is 7.89. The summed E-state index contributed by atoms with van der Waals surface area (Å²) in [5.41, 5.74) is 2.50. The van der Waals surface area contributed by atoms with Crippen molar-refractivity contribution in [2.24, 2.45) is 0 Å². The van der Waals surface area contributed by atoms with Crippen LogP contribution in [0.25, 0.3) is 11.1 Å².